The Morgan fingerprint density at radius 2 is 1.96 bits per heavy atom. The molecule has 1 N–H and O–H groups in total. The summed E-state index contributed by atoms with van der Waals surface area (Å²) < 4.78 is 10.3. The Morgan fingerprint density at radius 3 is 2.56 bits per heavy atom. The van der Waals surface area contributed by atoms with Crippen LogP contribution in [-0.2, 0) is 27.4 Å². The fraction of sp³-hybridized carbons (Fsp3) is 0.579. The van der Waals surface area contributed by atoms with Gasteiger partial charge in [-0.25, -0.2) is 0 Å². The molecule has 6 nitrogen and oxygen atoms in total. The zero-order valence-corrected chi connectivity index (χ0v) is 15.6. The third-order valence-electron chi connectivity index (χ3n) is 4.57. The van der Waals surface area contributed by atoms with Gasteiger partial charge in [0.25, 0.3) is 0 Å². The maximum atomic E-state index is 11.8. The molecule has 1 aromatic carbocycles. The molecule has 1 saturated heterocycles. The smallest absolute Gasteiger partial charge is 0.310 e. The zero-order valence-electron chi connectivity index (χ0n) is 15.6. The predicted octanol–water partition coefficient (Wildman–Crippen LogP) is 2.04. The van der Waals surface area contributed by atoms with Crippen LogP contribution in [0.5, 0.6) is 0 Å². The van der Waals surface area contributed by atoms with E-state index in [1.807, 2.05) is 6.92 Å². The standard InChI is InChI=1S/C19H29N3O3/c1-5-25-13-16-8-6-15(7-9-16)10-21-19(20-3)22-11-14(2)17(12-22)18(23)24-4/h6-9,14,17H,5,10-13H2,1-4H3,(H,20,21). The molecule has 2 atom stereocenters. The molecule has 2 unspecified atom stereocenters. The molecule has 1 heterocycles. The first-order valence-electron chi connectivity index (χ1n) is 8.78. The van der Waals surface area contributed by atoms with Gasteiger partial charge < -0.3 is 19.7 Å². The molecule has 1 fully saturated rings. The highest BCUT2D eigenvalue weighted by molar-refractivity contribution is 5.82. The lowest BCUT2D eigenvalue weighted by molar-refractivity contribution is -0.145. The van der Waals surface area contributed by atoms with E-state index in [4.69, 9.17) is 9.47 Å². The second kappa shape index (κ2) is 9.42. The topological polar surface area (TPSA) is 63.2 Å². The van der Waals surface area contributed by atoms with Crippen LogP contribution in [0.2, 0.25) is 0 Å². The lowest BCUT2D eigenvalue weighted by Crippen LogP contribution is -2.40. The highest BCUT2D eigenvalue weighted by Gasteiger charge is 2.36. The summed E-state index contributed by atoms with van der Waals surface area (Å²) in [5.74, 6) is 0.831. The third kappa shape index (κ3) is 5.19. The van der Waals surface area contributed by atoms with Gasteiger partial charge >= 0.3 is 5.97 Å². The van der Waals surface area contributed by atoms with Crippen molar-refractivity contribution >= 4 is 11.9 Å². The Balaban J connectivity index is 1.89. The largest absolute Gasteiger partial charge is 0.469 e. The third-order valence-corrected chi connectivity index (χ3v) is 4.57. The van der Waals surface area contributed by atoms with Crippen molar-refractivity contribution in [2.75, 3.05) is 33.9 Å². The normalized spacial score (nSPS) is 20.6. The van der Waals surface area contributed by atoms with Crippen molar-refractivity contribution in [3.63, 3.8) is 0 Å². The molecule has 6 heteroatoms. The molecule has 0 aromatic heterocycles. The number of nitrogens with one attached hydrogen (secondary N) is 1. The summed E-state index contributed by atoms with van der Waals surface area (Å²) in [7, 11) is 3.21. The molecule has 0 spiro atoms. The van der Waals surface area contributed by atoms with Gasteiger partial charge in [0.05, 0.1) is 19.6 Å². The van der Waals surface area contributed by atoms with Gasteiger partial charge in [-0.2, -0.15) is 0 Å². The van der Waals surface area contributed by atoms with Crippen LogP contribution in [0.1, 0.15) is 25.0 Å². The summed E-state index contributed by atoms with van der Waals surface area (Å²) in [4.78, 5) is 18.3. The van der Waals surface area contributed by atoms with Crippen molar-refractivity contribution in [3.05, 3.63) is 35.4 Å². The second-order valence-electron chi connectivity index (χ2n) is 6.37. The van der Waals surface area contributed by atoms with E-state index in [1.54, 1.807) is 7.05 Å². The minimum atomic E-state index is -0.143. The van der Waals surface area contributed by atoms with Gasteiger partial charge in [-0.15, -0.1) is 0 Å². The summed E-state index contributed by atoms with van der Waals surface area (Å²) in [5.41, 5.74) is 2.35. The highest BCUT2D eigenvalue weighted by atomic mass is 16.5. The Morgan fingerprint density at radius 1 is 1.28 bits per heavy atom. The number of guanidine groups is 1. The molecule has 1 aliphatic rings. The maximum Gasteiger partial charge on any atom is 0.310 e. The van der Waals surface area contributed by atoms with Crippen molar-refractivity contribution in [1.29, 1.82) is 0 Å². The maximum absolute atomic E-state index is 11.8. The van der Waals surface area contributed by atoms with Gasteiger partial charge in [-0.3, -0.25) is 9.79 Å². The van der Waals surface area contributed by atoms with Crippen molar-refractivity contribution in [2.45, 2.75) is 27.0 Å². The highest BCUT2D eigenvalue weighted by Crippen LogP contribution is 2.24. The summed E-state index contributed by atoms with van der Waals surface area (Å²) in [5, 5.41) is 3.38. The minimum absolute atomic E-state index is 0.0959. The molecule has 0 radical (unpaired) electrons. The first-order chi connectivity index (χ1) is 12.1. The summed E-state index contributed by atoms with van der Waals surface area (Å²) in [6.07, 6.45) is 0. The lowest BCUT2D eigenvalue weighted by atomic mass is 9.99. The van der Waals surface area contributed by atoms with E-state index in [0.29, 0.717) is 19.7 Å². The number of ether oxygens (including phenoxy) is 2. The van der Waals surface area contributed by atoms with E-state index in [-0.39, 0.29) is 17.8 Å². The molecule has 0 aliphatic carbocycles. The number of hydrogen-bond donors (Lipinski definition) is 1. The Hall–Kier alpha value is -2.08. The van der Waals surface area contributed by atoms with E-state index >= 15 is 0 Å². The summed E-state index contributed by atoms with van der Waals surface area (Å²) in [6, 6.07) is 8.36. The van der Waals surface area contributed by atoms with Crippen LogP contribution >= 0.6 is 0 Å². The van der Waals surface area contributed by atoms with Crippen molar-refractivity contribution < 1.29 is 14.3 Å². The van der Waals surface area contributed by atoms with Gasteiger partial charge in [0.1, 0.15) is 0 Å². The number of rotatable bonds is 6. The molecule has 0 saturated carbocycles. The van der Waals surface area contributed by atoms with E-state index < -0.39 is 0 Å². The number of aliphatic imine (C=N–C) groups is 1. The van der Waals surface area contributed by atoms with Gasteiger partial charge in [0.15, 0.2) is 5.96 Å². The quantitative estimate of drug-likeness (QED) is 0.485. The SMILES string of the molecule is CCOCc1ccc(CNC(=NC)N2CC(C)C(C(=O)OC)C2)cc1. The lowest BCUT2D eigenvalue weighted by Gasteiger charge is -2.21. The monoisotopic (exact) mass is 347 g/mol. The van der Waals surface area contributed by atoms with E-state index in [0.717, 1.165) is 19.1 Å². The number of hydrogen-bond acceptors (Lipinski definition) is 4. The number of esters is 1. The molecule has 25 heavy (non-hydrogen) atoms. The van der Waals surface area contributed by atoms with Gasteiger partial charge in [-0.1, -0.05) is 31.2 Å². The zero-order chi connectivity index (χ0) is 18.2. The summed E-state index contributed by atoms with van der Waals surface area (Å²) in [6.45, 7) is 7.57. The van der Waals surface area contributed by atoms with Crippen LogP contribution in [-0.4, -0.2) is 50.7 Å². The van der Waals surface area contributed by atoms with Crippen molar-refractivity contribution in [2.24, 2.45) is 16.8 Å². The van der Waals surface area contributed by atoms with Crippen LogP contribution in [0.15, 0.2) is 29.3 Å². The number of carbonyl (C=O) groups excluding carboxylic acids is 1. The minimum Gasteiger partial charge on any atom is -0.469 e. The molecule has 2 rings (SSSR count). The number of likely N-dealkylation sites (tertiary alicyclic amines) is 1. The van der Waals surface area contributed by atoms with Crippen LogP contribution in [0.4, 0.5) is 0 Å². The first-order valence-corrected chi connectivity index (χ1v) is 8.78. The van der Waals surface area contributed by atoms with Crippen LogP contribution in [0, 0.1) is 11.8 Å². The van der Waals surface area contributed by atoms with Gasteiger partial charge in [-0.05, 0) is 24.0 Å². The van der Waals surface area contributed by atoms with Crippen LogP contribution in [0.25, 0.3) is 0 Å². The van der Waals surface area contributed by atoms with Gasteiger partial charge in [0, 0.05) is 33.3 Å². The van der Waals surface area contributed by atoms with Crippen LogP contribution in [0.3, 0.4) is 0 Å². The number of methoxy groups -OCH3 is 1. The fourth-order valence-corrected chi connectivity index (χ4v) is 3.08. The van der Waals surface area contributed by atoms with Crippen LogP contribution < -0.4 is 5.32 Å². The molecule has 0 bridgehead atoms. The van der Waals surface area contributed by atoms with E-state index in [9.17, 15) is 4.79 Å². The fourth-order valence-electron chi connectivity index (χ4n) is 3.08. The Bertz CT molecular complexity index is 586. The Kier molecular flexibility index (Phi) is 7.25. The number of carbonyl (C=O) groups is 1. The first kappa shape index (κ1) is 19.2. The van der Waals surface area contributed by atoms with Crippen molar-refractivity contribution in [3.8, 4) is 0 Å². The molecule has 138 valence electrons. The number of benzene rings is 1. The van der Waals surface area contributed by atoms with E-state index in [1.165, 1.54) is 18.2 Å². The molecular formula is C19H29N3O3. The number of nitrogens with zero attached hydrogens (tertiary/aromatic N) is 2. The van der Waals surface area contributed by atoms with Crippen molar-refractivity contribution in [1.82, 2.24) is 10.2 Å². The van der Waals surface area contributed by atoms with Gasteiger partial charge in [0.2, 0.25) is 0 Å². The van der Waals surface area contributed by atoms with E-state index in [2.05, 4.69) is 46.4 Å². The predicted molar refractivity (Wildman–Crippen MR) is 98.2 cm³/mol. The molecule has 1 aliphatic heterocycles. The second-order valence-corrected chi connectivity index (χ2v) is 6.37. The molecular weight excluding hydrogens is 318 g/mol. The molecule has 0 amide bonds. The molecule has 1 aromatic rings. The average molecular weight is 347 g/mol. The Labute approximate surface area is 150 Å². The average Bonchev–Trinajstić information content (AvgIpc) is 3.02. The summed E-state index contributed by atoms with van der Waals surface area (Å²) >= 11 is 0.